The molecule has 0 saturated carbocycles. The summed E-state index contributed by atoms with van der Waals surface area (Å²) in [7, 11) is 0.809. The Bertz CT molecular complexity index is 507. The number of aromatic nitrogens is 1. The quantitative estimate of drug-likeness (QED) is 0.598. The van der Waals surface area contributed by atoms with Crippen LogP contribution in [0.5, 0.6) is 5.88 Å². The normalized spacial score (nSPS) is 12.9. The Hall–Kier alpha value is -1.20. The van der Waals surface area contributed by atoms with Gasteiger partial charge in [0.1, 0.15) is 0 Å². The lowest BCUT2D eigenvalue weighted by Gasteiger charge is -2.32. The first-order valence-electron chi connectivity index (χ1n) is 7.33. The van der Waals surface area contributed by atoms with Crippen LogP contribution in [0.1, 0.15) is 63.9 Å². The molecule has 0 amide bonds. The van der Waals surface area contributed by atoms with Crippen molar-refractivity contribution in [1.82, 2.24) is 4.98 Å². The molecular formula is C16H27NO3Si. The van der Waals surface area contributed by atoms with E-state index in [1.54, 1.807) is 19.4 Å². The number of pyridine rings is 1. The van der Waals surface area contributed by atoms with E-state index in [-0.39, 0.29) is 10.8 Å². The predicted octanol–water partition coefficient (Wildman–Crippen LogP) is 3.24. The van der Waals surface area contributed by atoms with Crippen LogP contribution in [0.25, 0.3) is 0 Å². The van der Waals surface area contributed by atoms with Gasteiger partial charge in [-0.25, -0.2) is 4.98 Å². The van der Waals surface area contributed by atoms with Gasteiger partial charge in [-0.05, 0) is 25.0 Å². The fourth-order valence-corrected chi connectivity index (χ4v) is 3.01. The van der Waals surface area contributed by atoms with Crippen molar-refractivity contribution in [2.45, 2.75) is 58.6 Å². The number of ketones is 1. The summed E-state index contributed by atoms with van der Waals surface area (Å²) < 4.78 is 11.6. The molecular weight excluding hydrogens is 282 g/mol. The van der Waals surface area contributed by atoms with E-state index in [9.17, 15) is 4.79 Å². The SMILES string of the molecule is CCC(=O)c1ccnc(OC)c1C(C)(C)O[SiH2]C(C)(C)C. The van der Waals surface area contributed by atoms with Crippen LogP contribution in [-0.2, 0) is 10.0 Å². The maximum absolute atomic E-state index is 12.2. The third-order valence-corrected chi connectivity index (χ3v) is 4.93. The molecule has 5 heteroatoms. The molecule has 0 aliphatic carbocycles. The Kier molecular flexibility index (Phi) is 5.70. The molecule has 1 heterocycles. The molecule has 1 aromatic rings. The molecule has 0 radical (unpaired) electrons. The molecule has 118 valence electrons. The number of carbonyl (C=O) groups is 1. The van der Waals surface area contributed by atoms with Gasteiger partial charge in [-0.15, -0.1) is 0 Å². The van der Waals surface area contributed by atoms with Crippen molar-refractivity contribution < 1.29 is 14.0 Å². The van der Waals surface area contributed by atoms with Crippen LogP contribution in [0.4, 0.5) is 0 Å². The molecule has 0 aliphatic heterocycles. The number of carbonyl (C=O) groups excluding carboxylic acids is 1. The van der Waals surface area contributed by atoms with Crippen molar-refractivity contribution in [3.05, 3.63) is 23.4 Å². The van der Waals surface area contributed by atoms with Crippen LogP contribution in [0.15, 0.2) is 12.3 Å². The summed E-state index contributed by atoms with van der Waals surface area (Å²) in [6, 6.07) is 1.76. The molecule has 4 nitrogen and oxygen atoms in total. The Morgan fingerprint density at radius 2 is 1.90 bits per heavy atom. The number of rotatable bonds is 6. The molecule has 0 aliphatic rings. The van der Waals surface area contributed by atoms with Crippen LogP contribution in [-0.4, -0.2) is 27.6 Å². The third kappa shape index (κ3) is 4.64. The van der Waals surface area contributed by atoms with Crippen LogP contribution in [0.3, 0.4) is 0 Å². The molecule has 0 aromatic carbocycles. The highest BCUT2D eigenvalue weighted by molar-refractivity contribution is 6.31. The fourth-order valence-electron chi connectivity index (χ4n) is 2.07. The number of nitrogens with zero attached hydrogens (tertiary/aromatic N) is 1. The lowest BCUT2D eigenvalue weighted by Crippen LogP contribution is -2.30. The molecule has 0 bridgehead atoms. The van der Waals surface area contributed by atoms with Crippen molar-refractivity contribution in [3.8, 4) is 5.88 Å². The first-order valence-corrected chi connectivity index (χ1v) is 8.61. The second-order valence-corrected chi connectivity index (χ2v) is 9.58. The van der Waals surface area contributed by atoms with Gasteiger partial charge in [-0.1, -0.05) is 27.7 Å². The predicted molar refractivity (Wildman–Crippen MR) is 87.8 cm³/mol. The van der Waals surface area contributed by atoms with E-state index in [4.69, 9.17) is 9.16 Å². The summed E-state index contributed by atoms with van der Waals surface area (Å²) in [6.07, 6.45) is 2.06. The van der Waals surface area contributed by atoms with Crippen molar-refractivity contribution in [1.29, 1.82) is 0 Å². The van der Waals surface area contributed by atoms with Crippen molar-refractivity contribution in [3.63, 3.8) is 0 Å². The smallest absolute Gasteiger partial charge is 0.219 e. The van der Waals surface area contributed by atoms with Gasteiger partial charge in [0.05, 0.1) is 18.3 Å². The number of ether oxygens (including phenoxy) is 1. The number of Topliss-reactive ketones (excluding diaryl/α,β-unsaturated/α-hetero) is 1. The van der Waals surface area contributed by atoms with Gasteiger partial charge >= 0.3 is 0 Å². The van der Waals surface area contributed by atoms with E-state index in [1.807, 2.05) is 20.8 Å². The molecule has 1 rings (SSSR count). The summed E-state index contributed by atoms with van der Waals surface area (Å²) in [6.45, 7) is 12.3. The summed E-state index contributed by atoms with van der Waals surface area (Å²) >= 11 is 0. The average molecular weight is 309 g/mol. The zero-order valence-corrected chi connectivity index (χ0v) is 15.7. The summed E-state index contributed by atoms with van der Waals surface area (Å²) in [5.74, 6) is 0.557. The lowest BCUT2D eigenvalue weighted by atomic mass is 9.92. The van der Waals surface area contributed by atoms with Crippen molar-refractivity contribution in [2.75, 3.05) is 7.11 Å². The molecule has 0 fully saturated rings. The van der Waals surface area contributed by atoms with Gasteiger partial charge in [0.2, 0.25) is 5.88 Å². The summed E-state index contributed by atoms with van der Waals surface area (Å²) in [4.78, 5) is 16.5. The first kappa shape index (κ1) is 17.8. The largest absolute Gasteiger partial charge is 0.481 e. The van der Waals surface area contributed by atoms with Crippen LogP contribution < -0.4 is 4.74 Å². The minimum absolute atomic E-state index is 0.0831. The van der Waals surface area contributed by atoms with Crippen LogP contribution in [0, 0.1) is 0 Å². The second-order valence-electron chi connectivity index (χ2n) is 6.88. The van der Waals surface area contributed by atoms with E-state index in [1.165, 1.54) is 0 Å². The van der Waals surface area contributed by atoms with E-state index in [0.29, 0.717) is 17.9 Å². The molecule has 0 N–H and O–H groups in total. The Morgan fingerprint density at radius 1 is 1.29 bits per heavy atom. The van der Waals surface area contributed by atoms with E-state index < -0.39 is 15.4 Å². The fraction of sp³-hybridized carbons (Fsp3) is 0.625. The average Bonchev–Trinajstić information content (AvgIpc) is 2.42. The molecule has 0 spiro atoms. The highest BCUT2D eigenvalue weighted by atomic mass is 28.2. The molecule has 1 aromatic heterocycles. The molecule has 0 unspecified atom stereocenters. The third-order valence-electron chi connectivity index (χ3n) is 3.20. The van der Waals surface area contributed by atoms with Crippen LogP contribution in [0.2, 0.25) is 5.04 Å². The minimum Gasteiger partial charge on any atom is -0.481 e. The summed E-state index contributed by atoms with van der Waals surface area (Å²) in [5.41, 5.74) is 0.826. The maximum atomic E-state index is 12.2. The number of hydrogen-bond acceptors (Lipinski definition) is 4. The van der Waals surface area contributed by atoms with E-state index in [2.05, 4.69) is 25.8 Å². The second kappa shape index (κ2) is 6.71. The van der Waals surface area contributed by atoms with E-state index in [0.717, 1.165) is 5.56 Å². The number of methoxy groups -OCH3 is 1. The Morgan fingerprint density at radius 3 is 2.38 bits per heavy atom. The molecule has 0 saturated heterocycles. The Labute approximate surface area is 130 Å². The highest BCUT2D eigenvalue weighted by Gasteiger charge is 2.32. The maximum Gasteiger partial charge on any atom is 0.219 e. The lowest BCUT2D eigenvalue weighted by molar-refractivity contribution is 0.0924. The van der Waals surface area contributed by atoms with E-state index >= 15 is 0 Å². The highest BCUT2D eigenvalue weighted by Crippen LogP contribution is 2.36. The van der Waals surface area contributed by atoms with Crippen molar-refractivity contribution >= 4 is 15.5 Å². The van der Waals surface area contributed by atoms with Gasteiger partial charge in [-0.3, -0.25) is 4.79 Å². The molecule has 21 heavy (non-hydrogen) atoms. The zero-order valence-electron chi connectivity index (χ0n) is 14.2. The van der Waals surface area contributed by atoms with Gasteiger partial charge in [0.15, 0.2) is 15.5 Å². The topological polar surface area (TPSA) is 48.4 Å². The van der Waals surface area contributed by atoms with Gasteiger partial charge < -0.3 is 9.16 Å². The Balaban J connectivity index is 3.28. The minimum atomic E-state index is -0.763. The van der Waals surface area contributed by atoms with Crippen molar-refractivity contribution in [2.24, 2.45) is 0 Å². The number of hydrogen-bond donors (Lipinski definition) is 0. The van der Waals surface area contributed by atoms with Gasteiger partial charge in [0, 0.05) is 18.2 Å². The summed E-state index contributed by atoms with van der Waals surface area (Å²) in [5, 5.41) is 0.182. The zero-order chi connectivity index (χ0) is 16.3. The first-order chi connectivity index (χ1) is 9.62. The van der Waals surface area contributed by atoms with Gasteiger partial charge in [0.25, 0.3) is 0 Å². The molecule has 0 atom stereocenters. The van der Waals surface area contributed by atoms with Gasteiger partial charge in [-0.2, -0.15) is 0 Å². The standard InChI is InChI=1S/C16H27NO3Si/c1-8-12(18)11-9-10-17-14(19-7)13(11)16(5,6)20-21-15(2,3)4/h9-10H,8,21H2,1-7H3. The van der Waals surface area contributed by atoms with Crippen LogP contribution >= 0.6 is 0 Å². The monoisotopic (exact) mass is 309 g/mol.